The fourth-order valence-corrected chi connectivity index (χ4v) is 2.05. The van der Waals surface area contributed by atoms with Crippen molar-refractivity contribution in [2.45, 2.75) is 39.7 Å². The molecular formula is C14H22BrNO. The molecule has 0 aliphatic carbocycles. The van der Waals surface area contributed by atoms with Gasteiger partial charge in [0.25, 0.3) is 0 Å². The first-order valence-electron chi connectivity index (χ1n) is 6.39. The minimum absolute atomic E-state index is 0.794. The summed E-state index contributed by atoms with van der Waals surface area (Å²) in [4.78, 5) is 0. The topological polar surface area (TPSA) is 21.3 Å². The average Bonchev–Trinajstić information content (AvgIpc) is 2.32. The SMILES string of the molecule is CCCCOc1ccc(CNCCC)cc1Br. The number of benzene rings is 1. The van der Waals surface area contributed by atoms with E-state index < -0.39 is 0 Å². The number of ether oxygens (including phenoxy) is 1. The highest BCUT2D eigenvalue weighted by atomic mass is 79.9. The van der Waals surface area contributed by atoms with Crippen LogP contribution in [0.1, 0.15) is 38.7 Å². The van der Waals surface area contributed by atoms with Crippen LogP contribution >= 0.6 is 15.9 Å². The van der Waals surface area contributed by atoms with Crippen LogP contribution in [0.3, 0.4) is 0 Å². The second kappa shape index (κ2) is 8.54. The van der Waals surface area contributed by atoms with E-state index in [1.165, 1.54) is 12.0 Å². The Kier molecular flexibility index (Phi) is 7.29. The Balaban J connectivity index is 2.47. The van der Waals surface area contributed by atoms with E-state index >= 15 is 0 Å². The summed E-state index contributed by atoms with van der Waals surface area (Å²) in [6.07, 6.45) is 3.43. The summed E-state index contributed by atoms with van der Waals surface area (Å²) in [6.45, 7) is 7.12. The molecule has 1 aromatic rings. The van der Waals surface area contributed by atoms with Crippen molar-refractivity contribution in [3.63, 3.8) is 0 Å². The summed E-state index contributed by atoms with van der Waals surface area (Å²) in [5, 5.41) is 3.39. The molecule has 0 aliphatic rings. The van der Waals surface area contributed by atoms with Gasteiger partial charge in [0.1, 0.15) is 5.75 Å². The van der Waals surface area contributed by atoms with E-state index in [0.717, 1.165) is 42.8 Å². The monoisotopic (exact) mass is 299 g/mol. The summed E-state index contributed by atoms with van der Waals surface area (Å²) in [7, 11) is 0. The van der Waals surface area contributed by atoms with Crippen molar-refractivity contribution in [1.82, 2.24) is 5.32 Å². The van der Waals surface area contributed by atoms with Gasteiger partial charge in [0, 0.05) is 6.54 Å². The smallest absolute Gasteiger partial charge is 0.133 e. The van der Waals surface area contributed by atoms with E-state index in [9.17, 15) is 0 Å². The molecule has 0 amide bonds. The Morgan fingerprint density at radius 3 is 2.71 bits per heavy atom. The van der Waals surface area contributed by atoms with Gasteiger partial charge >= 0.3 is 0 Å². The first-order chi connectivity index (χ1) is 8.27. The molecule has 17 heavy (non-hydrogen) atoms. The Hall–Kier alpha value is -0.540. The molecular weight excluding hydrogens is 278 g/mol. The van der Waals surface area contributed by atoms with Gasteiger partial charge in [-0.2, -0.15) is 0 Å². The molecule has 96 valence electrons. The Morgan fingerprint density at radius 2 is 2.06 bits per heavy atom. The molecule has 0 bridgehead atoms. The van der Waals surface area contributed by atoms with Gasteiger partial charge in [-0.1, -0.05) is 26.3 Å². The molecule has 0 fully saturated rings. The summed E-state index contributed by atoms with van der Waals surface area (Å²) >= 11 is 3.56. The molecule has 0 unspecified atom stereocenters. The maximum atomic E-state index is 5.69. The van der Waals surface area contributed by atoms with Crippen molar-refractivity contribution in [1.29, 1.82) is 0 Å². The number of halogens is 1. The molecule has 1 rings (SSSR count). The molecule has 0 heterocycles. The summed E-state index contributed by atoms with van der Waals surface area (Å²) < 4.78 is 6.74. The van der Waals surface area contributed by atoms with E-state index in [1.807, 2.05) is 6.07 Å². The van der Waals surface area contributed by atoms with Crippen LogP contribution in [0.4, 0.5) is 0 Å². The molecule has 0 radical (unpaired) electrons. The first kappa shape index (κ1) is 14.5. The number of hydrogen-bond donors (Lipinski definition) is 1. The molecule has 1 N–H and O–H groups in total. The Morgan fingerprint density at radius 1 is 1.24 bits per heavy atom. The van der Waals surface area contributed by atoms with E-state index in [2.05, 4.69) is 47.2 Å². The Labute approximate surface area is 113 Å². The zero-order valence-corrected chi connectivity index (χ0v) is 12.3. The van der Waals surface area contributed by atoms with Crippen LogP contribution in [0.2, 0.25) is 0 Å². The fourth-order valence-electron chi connectivity index (χ4n) is 1.51. The lowest BCUT2D eigenvalue weighted by Crippen LogP contribution is -2.13. The van der Waals surface area contributed by atoms with Crippen LogP contribution in [0.15, 0.2) is 22.7 Å². The third-order valence-corrected chi connectivity index (χ3v) is 3.13. The lowest BCUT2D eigenvalue weighted by molar-refractivity contribution is 0.307. The Bertz CT molecular complexity index is 328. The molecule has 0 saturated heterocycles. The molecule has 0 aliphatic heterocycles. The lowest BCUT2D eigenvalue weighted by atomic mass is 10.2. The predicted molar refractivity (Wildman–Crippen MR) is 76.5 cm³/mol. The third-order valence-electron chi connectivity index (χ3n) is 2.51. The fraction of sp³-hybridized carbons (Fsp3) is 0.571. The molecule has 0 spiro atoms. The molecule has 0 saturated carbocycles. The number of unbranched alkanes of at least 4 members (excludes halogenated alkanes) is 1. The number of hydrogen-bond acceptors (Lipinski definition) is 2. The van der Waals surface area contributed by atoms with Gasteiger partial charge in [-0.3, -0.25) is 0 Å². The highest BCUT2D eigenvalue weighted by Gasteiger charge is 2.02. The van der Waals surface area contributed by atoms with Gasteiger partial charge < -0.3 is 10.1 Å². The second-order valence-corrected chi connectivity index (χ2v) is 5.00. The zero-order valence-electron chi connectivity index (χ0n) is 10.8. The van der Waals surface area contributed by atoms with Gasteiger partial charge in [-0.25, -0.2) is 0 Å². The first-order valence-corrected chi connectivity index (χ1v) is 7.19. The summed E-state index contributed by atoms with van der Waals surface area (Å²) in [5.41, 5.74) is 1.29. The average molecular weight is 300 g/mol. The molecule has 2 nitrogen and oxygen atoms in total. The second-order valence-electron chi connectivity index (χ2n) is 4.14. The van der Waals surface area contributed by atoms with Crippen LogP contribution in [0, 0.1) is 0 Å². The van der Waals surface area contributed by atoms with E-state index in [4.69, 9.17) is 4.74 Å². The quantitative estimate of drug-likeness (QED) is 0.729. The largest absolute Gasteiger partial charge is 0.492 e. The summed E-state index contributed by atoms with van der Waals surface area (Å²) in [6, 6.07) is 6.29. The van der Waals surface area contributed by atoms with E-state index in [-0.39, 0.29) is 0 Å². The van der Waals surface area contributed by atoms with Crippen LogP contribution in [0.5, 0.6) is 5.75 Å². The van der Waals surface area contributed by atoms with E-state index in [0.29, 0.717) is 0 Å². The maximum absolute atomic E-state index is 5.69. The van der Waals surface area contributed by atoms with Crippen molar-refractivity contribution in [2.24, 2.45) is 0 Å². The van der Waals surface area contributed by atoms with E-state index in [1.54, 1.807) is 0 Å². The van der Waals surface area contributed by atoms with Gasteiger partial charge in [0.15, 0.2) is 0 Å². The van der Waals surface area contributed by atoms with Gasteiger partial charge in [-0.15, -0.1) is 0 Å². The van der Waals surface area contributed by atoms with Gasteiger partial charge in [0.2, 0.25) is 0 Å². The van der Waals surface area contributed by atoms with Gasteiger partial charge in [0.05, 0.1) is 11.1 Å². The van der Waals surface area contributed by atoms with Crippen LogP contribution in [-0.4, -0.2) is 13.2 Å². The predicted octanol–water partition coefficient (Wildman–Crippen LogP) is 4.13. The number of rotatable bonds is 8. The normalized spacial score (nSPS) is 10.5. The van der Waals surface area contributed by atoms with Crippen molar-refractivity contribution in [2.75, 3.05) is 13.2 Å². The molecule has 1 aromatic carbocycles. The highest BCUT2D eigenvalue weighted by Crippen LogP contribution is 2.26. The van der Waals surface area contributed by atoms with Crippen LogP contribution in [-0.2, 0) is 6.54 Å². The molecule has 3 heteroatoms. The minimum Gasteiger partial charge on any atom is -0.492 e. The van der Waals surface area contributed by atoms with Crippen molar-refractivity contribution in [3.8, 4) is 5.75 Å². The maximum Gasteiger partial charge on any atom is 0.133 e. The van der Waals surface area contributed by atoms with Crippen molar-refractivity contribution >= 4 is 15.9 Å². The van der Waals surface area contributed by atoms with Crippen LogP contribution in [0.25, 0.3) is 0 Å². The highest BCUT2D eigenvalue weighted by molar-refractivity contribution is 9.10. The third kappa shape index (κ3) is 5.55. The standard InChI is InChI=1S/C14H22BrNO/c1-3-5-9-17-14-7-6-12(10-13(14)15)11-16-8-4-2/h6-7,10,16H,3-5,8-9,11H2,1-2H3. The zero-order chi connectivity index (χ0) is 12.5. The van der Waals surface area contributed by atoms with Gasteiger partial charge in [-0.05, 0) is 53.0 Å². The number of nitrogens with one attached hydrogen (secondary N) is 1. The lowest BCUT2D eigenvalue weighted by Gasteiger charge is -2.09. The van der Waals surface area contributed by atoms with Crippen molar-refractivity contribution < 1.29 is 4.74 Å². The van der Waals surface area contributed by atoms with Crippen LogP contribution < -0.4 is 10.1 Å². The molecule has 0 aromatic heterocycles. The minimum atomic E-state index is 0.794. The summed E-state index contributed by atoms with van der Waals surface area (Å²) in [5.74, 6) is 0.942. The molecule has 0 atom stereocenters. The van der Waals surface area contributed by atoms with Crippen molar-refractivity contribution in [3.05, 3.63) is 28.2 Å².